The van der Waals surface area contributed by atoms with E-state index in [4.69, 9.17) is 0 Å². The number of imide groups is 2. The van der Waals surface area contributed by atoms with E-state index in [2.05, 4.69) is 30.6 Å². The highest BCUT2D eigenvalue weighted by molar-refractivity contribution is 6.13. The lowest BCUT2D eigenvalue weighted by atomic mass is 10.3. The van der Waals surface area contributed by atoms with Gasteiger partial charge < -0.3 is 20.3 Å². The molecule has 0 saturated heterocycles. The zero-order valence-corrected chi connectivity index (χ0v) is 22.4. The third-order valence-corrected chi connectivity index (χ3v) is 4.30. The van der Waals surface area contributed by atoms with Crippen molar-refractivity contribution < 1.29 is 43.2 Å². The van der Waals surface area contributed by atoms with Gasteiger partial charge in [0.2, 0.25) is 11.8 Å². The minimum atomic E-state index is -0.415. The van der Waals surface area contributed by atoms with Gasteiger partial charge in [-0.15, -0.1) is 0 Å². The van der Waals surface area contributed by atoms with Crippen LogP contribution in [0.3, 0.4) is 0 Å². The number of hydrogen-bond donors (Lipinski definition) is 2. The van der Waals surface area contributed by atoms with E-state index in [0.29, 0.717) is 0 Å². The topological polar surface area (TPSA) is 193 Å². The van der Waals surface area contributed by atoms with Crippen LogP contribution in [0.1, 0.15) is 33.6 Å². The van der Waals surface area contributed by atoms with Crippen LogP contribution >= 0.6 is 0 Å². The van der Waals surface area contributed by atoms with Crippen molar-refractivity contribution >= 4 is 53.7 Å². The Morgan fingerprint density at radius 3 is 1.51 bits per heavy atom. The number of amides is 6. The van der Waals surface area contributed by atoms with Crippen molar-refractivity contribution in [1.29, 1.82) is 0 Å². The average Bonchev–Trinajstić information content (AvgIpc) is 3.41. The van der Waals surface area contributed by atoms with E-state index in [1.165, 1.54) is 50.8 Å². The van der Waals surface area contributed by atoms with Gasteiger partial charge >= 0.3 is 0 Å². The second kappa shape index (κ2) is 20.4. The Labute approximate surface area is 225 Å². The first-order valence-corrected chi connectivity index (χ1v) is 11.9. The molecule has 0 unspecified atom stereocenters. The van der Waals surface area contributed by atoms with Gasteiger partial charge in [0.15, 0.2) is 12.4 Å². The van der Waals surface area contributed by atoms with Crippen LogP contribution in [0, 0.1) is 0 Å². The highest BCUT2D eigenvalue weighted by Gasteiger charge is 2.24. The molecule has 2 rings (SSSR count). The predicted octanol–water partition coefficient (Wildman–Crippen LogP) is -0.915. The van der Waals surface area contributed by atoms with Gasteiger partial charge in [0, 0.05) is 50.2 Å². The van der Waals surface area contributed by atoms with Gasteiger partial charge in [0.1, 0.15) is 7.11 Å². The van der Waals surface area contributed by atoms with Crippen LogP contribution in [0.4, 0.5) is 0 Å². The molecule has 15 heteroatoms. The number of carbonyl (C=O) groups is 7. The van der Waals surface area contributed by atoms with Crippen molar-refractivity contribution in [3.63, 3.8) is 0 Å². The summed E-state index contributed by atoms with van der Waals surface area (Å²) in [5.41, 5.74) is 0. The van der Waals surface area contributed by atoms with Crippen LogP contribution < -0.4 is 10.6 Å². The molecule has 0 aromatic carbocycles. The van der Waals surface area contributed by atoms with Crippen molar-refractivity contribution in [1.82, 2.24) is 20.4 Å². The Bertz CT molecular complexity index is 968. The second-order valence-corrected chi connectivity index (χ2v) is 7.17. The molecule has 0 aromatic heterocycles. The molecule has 0 aromatic rings. The molecule has 6 amide bonds. The molecule has 0 bridgehead atoms. The van der Waals surface area contributed by atoms with Gasteiger partial charge in [-0.1, -0.05) is 24.2 Å². The molecular formula is C24H34N6O9. The standard InChI is InChI=1S/C12H15N3O5.C10H13N3O4.C2H6/c1-9(16)8-20-14-6-5-13-10(17)4-7-15-11(18)2-3-12(15)19;1-17-12-6-5-11-8(14)4-7-13-9(15)2-3-10(13)16;1-2/h2-3,6H,4-5,7-8H2,1H3,(H,13,17);2-3,6H,4-5,7H2,1H3,(H,11,14);1-2H3/b14-6+;12-6+;. The molecular weight excluding hydrogens is 516 g/mol. The Hall–Kier alpha value is -4.69. The molecule has 2 aliphatic rings. The lowest BCUT2D eigenvalue weighted by molar-refractivity contribution is -0.139. The van der Waals surface area contributed by atoms with Crippen LogP contribution in [0.2, 0.25) is 0 Å². The lowest BCUT2D eigenvalue weighted by Crippen LogP contribution is -2.35. The average molecular weight is 551 g/mol. The minimum Gasteiger partial charge on any atom is -0.399 e. The number of nitrogens with zero attached hydrogens (tertiary/aromatic N) is 4. The summed E-state index contributed by atoms with van der Waals surface area (Å²) in [5, 5.41) is 11.9. The van der Waals surface area contributed by atoms with Crippen molar-refractivity contribution in [2.75, 3.05) is 39.9 Å². The number of oxime groups is 2. The number of Topliss-reactive ketones (excluding diaryl/α,β-unsaturated/α-hetero) is 1. The van der Waals surface area contributed by atoms with E-state index in [1.54, 1.807) is 0 Å². The monoisotopic (exact) mass is 550 g/mol. The van der Waals surface area contributed by atoms with Crippen LogP contribution in [0.25, 0.3) is 0 Å². The second-order valence-electron chi connectivity index (χ2n) is 7.17. The van der Waals surface area contributed by atoms with Crippen molar-refractivity contribution in [3.8, 4) is 0 Å². The molecule has 0 aliphatic carbocycles. The first-order chi connectivity index (χ1) is 18.6. The maximum Gasteiger partial charge on any atom is 0.253 e. The van der Waals surface area contributed by atoms with Gasteiger partial charge in [0.25, 0.3) is 23.6 Å². The summed E-state index contributed by atoms with van der Waals surface area (Å²) in [6.07, 6.45) is 7.48. The first-order valence-electron chi connectivity index (χ1n) is 11.9. The van der Waals surface area contributed by atoms with Crippen LogP contribution in [0.5, 0.6) is 0 Å². The fourth-order valence-electron chi connectivity index (χ4n) is 2.56. The normalized spacial score (nSPS) is 13.8. The summed E-state index contributed by atoms with van der Waals surface area (Å²) in [7, 11) is 1.40. The molecule has 2 aliphatic heterocycles. The summed E-state index contributed by atoms with van der Waals surface area (Å²) >= 11 is 0. The molecule has 2 heterocycles. The maximum atomic E-state index is 11.4. The molecule has 15 nitrogen and oxygen atoms in total. The number of nitrogens with one attached hydrogen (secondary N) is 2. The Morgan fingerprint density at radius 1 is 0.769 bits per heavy atom. The van der Waals surface area contributed by atoms with Crippen LogP contribution in [-0.4, -0.2) is 103 Å². The third kappa shape index (κ3) is 15.2. The van der Waals surface area contributed by atoms with Gasteiger partial charge in [-0.2, -0.15) is 0 Å². The minimum absolute atomic E-state index is 0.0152. The molecule has 0 fully saturated rings. The zero-order chi connectivity index (χ0) is 29.6. The van der Waals surface area contributed by atoms with E-state index in [-0.39, 0.29) is 75.0 Å². The van der Waals surface area contributed by atoms with E-state index in [1.807, 2.05) is 13.8 Å². The van der Waals surface area contributed by atoms with Crippen molar-refractivity contribution in [2.24, 2.45) is 10.3 Å². The third-order valence-electron chi connectivity index (χ3n) is 4.30. The van der Waals surface area contributed by atoms with Crippen molar-refractivity contribution in [2.45, 2.75) is 33.6 Å². The molecule has 2 N–H and O–H groups in total. The number of rotatable bonds is 14. The lowest BCUT2D eigenvalue weighted by Gasteiger charge is -2.12. The maximum absolute atomic E-state index is 11.4. The highest BCUT2D eigenvalue weighted by Crippen LogP contribution is 2.04. The van der Waals surface area contributed by atoms with Gasteiger partial charge in [-0.25, -0.2) is 0 Å². The smallest absolute Gasteiger partial charge is 0.253 e. The molecule has 39 heavy (non-hydrogen) atoms. The summed E-state index contributed by atoms with van der Waals surface area (Å²) in [4.78, 5) is 88.9. The molecule has 0 spiro atoms. The molecule has 0 radical (unpaired) electrons. The quantitative estimate of drug-likeness (QED) is 0.156. The number of carbonyl (C=O) groups excluding carboxylic acids is 7. The van der Waals surface area contributed by atoms with Crippen LogP contribution in [0.15, 0.2) is 34.6 Å². The first kappa shape index (κ1) is 34.3. The molecule has 214 valence electrons. The summed E-state index contributed by atoms with van der Waals surface area (Å²) < 4.78 is 0. The van der Waals surface area contributed by atoms with E-state index in [9.17, 15) is 33.6 Å². The van der Waals surface area contributed by atoms with Crippen molar-refractivity contribution in [3.05, 3.63) is 24.3 Å². The Balaban J connectivity index is 0.000000704. The van der Waals surface area contributed by atoms with Gasteiger partial charge in [-0.3, -0.25) is 43.4 Å². The zero-order valence-electron chi connectivity index (χ0n) is 22.4. The summed E-state index contributed by atoms with van der Waals surface area (Å²) in [6.45, 7) is 5.75. The number of hydrogen-bond acceptors (Lipinski definition) is 11. The van der Waals surface area contributed by atoms with Crippen LogP contribution in [-0.2, 0) is 43.2 Å². The Kier molecular flexibility index (Phi) is 17.9. The fraction of sp³-hybridized carbons (Fsp3) is 0.458. The predicted molar refractivity (Wildman–Crippen MR) is 139 cm³/mol. The summed E-state index contributed by atoms with van der Waals surface area (Å²) in [6, 6.07) is 0. The van der Waals surface area contributed by atoms with Gasteiger partial charge in [0.05, 0.1) is 25.5 Å². The Morgan fingerprint density at radius 2 is 1.15 bits per heavy atom. The fourth-order valence-corrected chi connectivity index (χ4v) is 2.56. The molecule has 0 saturated carbocycles. The van der Waals surface area contributed by atoms with E-state index < -0.39 is 11.8 Å². The van der Waals surface area contributed by atoms with E-state index >= 15 is 0 Å². The van der Waals surface area contributed by atoms with Gasteiger partial charge in [-0.05, 0) is 6.92 Å². The largest absolute Gasteiger partial charge is 0.399 e. The highest BCUT2D eigenvalue weighted by atomic mass is 16.6. The summed E-state index contributed by atoms with van der Waals surface area (Å²) in [5.74, 6) is -2.34. The van der Waals surface area contributed by atoms with E-state index in [0.717, 1.165) is 9.80 Å². The molecule has 0 atom stereocenters. The SMILES string of the molecule is CC.CC(=O)CO/N=C/CNC(=O)CCN1C(=O)C=CC1=O.CO/N=C/CNC(=O)CCN1C(=O)C=CC1=O. The number of ketones is 1.